The number of nitrogens with zero attached hydrogens (tertiary/aromatic N) is 3. The lowest BCUT2D eigenvalue weighted by Gasteiger charge is -2.39. The number of rotatable bonds is 7. The first-order valence-electron chi connectivity index (χ1n) is 10.6. The highest BCUT2D eigenvalue weighted by molar-refractivity contribution is 5.76. The molecule has 1 amide bonds. The van der Waals surface area contributed by atoms with Crippen LogP contribution >= 0.6 is 0 Å². The fourth-order valence-electron chi connectivity index (χ4n) is 4.24. The van der Waals surface area contributed by atoms with E-state index in [1.807, 2.05) is 26.0 Å². The zero-order valence-electron chi connectivity index (χ0n) is 17.7. The van der Waals surface area contributed by atoms with Gasteiger partial charge >= 0.3 is 0 Å². The number of benzene rings is 1. The van der Waals surface area contributed by atoms with Gasteiger partial charge in [-0.1, -0.05) is 43.3 Å². The number of hydrogen-bond acceptors (Lipinski definition) is 5. The fraction of sp³-hybridized carbons (Fsp3) is 0.522. The van der Waals surface area contributed by atoms with Crippen LogP contribution in [-0.4, -0.2) is 27.3 Å². The van der Waals surface area contributed by atoms with E-state index in [9.17, 15) is 14.5 Å². The van der Waals surface area contributed by atoms with Gasteiger partial charge in [0.2, 0.25) is 5.91 Å². The van der Waals surface area contributed by atoms with Crippen molar-refractivity contribution in [3.05, 3.63) is 56.9 Å². The molecule has 2 saturated carbocycles. The van der Waals surface area contributed by atoms with Gasteiger partial charge in [-0.3, -0.25) is 9.59 Å². The van der Waals surface area contributed by atoms with Gasteiger partial charge < -0.3 is 5.32 Å². The molecule has 7 nitrogen and oxygen atoms in total. The van der Waals surface area contributed by atoms with E-state index in [0.29, 0.717) is 18.8 Å². The molecule has 2 aliphatic rings. The van der Waals surface area contributed by atoms with E-state index >= 15 is 0 Å². The van der Waals surface area contributed by atoms with E-state index < -0.39 is 5.54 Å². The molecule has 1 aromatic carbocycles. The van der Waals surface area contributed by atoms with Gasteiger partial charge in [-0.15, -0.1) is 0 Å². The van der Waals surface area contributed by atoms with Gasteiger partial charge in [0.25, 0.3) is 5.56 Å². The maximum atomic E-state index is 12.7. The van der Waals surface area contributed by atoms with Crippen molar-refractivity contribution in [2.75, 3.05) is 0 Å². The Hall–Kier alpha value is -2.83. The number of aromatic nitrogens is 2. The molecule has 30 heavy (non-hydrogen) atoms. The van der Waals surface area contributed by atoms with Gasteiger partial charge in [-0.25, -0.2) is 4.68 Å². The molecule has 0 spiro atoms. The Bertz CT molecular complexity index is 1030. The van der Waals surface area contributed by atoms with Crippen molar-refractivity contribution < 1.29 is 4.79 Å². The maximum absolute atomic E-state index is 12.7. The second-order valence-electron chi connectivity index (χ2n) is 9.25. The smallest absolute Gasteiger partial charge is 0.267 e. The van der Waals surface area contributed by atoms with Crippen LogP contribution in [0.4, 0.5) is 0 Å². The van der Waals surface area contributed by atoms with Gasteiger partial charge in [-0.2, -0.15) is 10.0 Å². The van der Waals surface area contributed by atoms with Crippen molar-refractivity contribution in [1.82, 2.24) is 15.1 Å². The van der Waals surface area contributed by atoms with Crippen molar-refractivity contribution in [2.45, 2.75) is 76.4 Å². The average molecular weight is 409 g/mol. The van der Waals surface area contributed by atoms with Crippen LogP contribution in [0.3, 0.4) is 0 Å². The summed E-state index contributed by atoms with van der Waals surface area (Å²) < 4.78 is 1.23. The molecule has 0 atom stereocenters. The molecule has 2 fully saturated rings. The summed E-state index contributed by atoms with van der Waals surface area (Å²) in [4.78, 5) is 35.9. The summed E-state index contributed by atoms with van der Waals surface area (Å²) in [6, 6.07) is 9.86. The molecule has 7 heteroatoms. The predicted octanol–water partition coefficient (Wildman–Crippen LogP) is 3.71. The third kappa shape index (κ3) is 4.20. The molecule has 1 aromatic heterocycles. The molecule has 1 heterocycles. The van der Waals surface area contributed by atoms with Crippen LogP contribution in [0.15, 0.2) is 40.3 Å². The second-order valence-corrected chi connectivity index (χ2v) is 9.25. The van der Waals surface area contributed by atoms with Crippen molar-refractivity contribution in [2.24, 2.45) is 5.18 Å². The molecule has 0 radical (unpaired) electrons. The highest BCUT2D eigenvalue weighted by atomic mass is 16.3. The number of carbonyl (C=O) groups excluding carboxylic acids is 1. The number of hydrogen-bond donors (Lipinski definition) is 1. The monoisotopic (exact) mass is 408 g/mol. The minimum atomic E-state index is -0.589. The summed E-state index contributed by atoms with van der Waals surface area (Å²) in [6.07, 6.45) is 3.49. The summed E-state index contributed by atoms with van der Waals surface area (Å²) in [7, 11) is 0. The summed E-state index contributed by atoms with van der Waals surface area (Å²) >= 11 is 0. The molecule has 158 valence electrons. The number of nitrogens with one attached hydrogen (secondary N) is 1. The molecule has 0 unspecified atom stereocenters. The second kappa shape index (κ2) is 7.78. The highest BCUT2D eigenvalue weighted by Gasteiger charge is 2.42. The molecule has 4 rings (SSSR count). The van der Waals surface area contributed by atoms with Gasteiger partial charge in [0.05, 0.1) is 5.69 Å². The fourth-order valence-corrected chi connectivity index (χ4v) is 4.24. The molecule has 2 aliphatic carbocycles. The molecular weight excluding hydrogens is 380 g/mol. The lowest BCUT2D eigenvalue weighted by molar-refractivity contribution is -0.123. The minimum absolute atomic E-state index is 0.0788. The molecular formula is C23H28N4O3. The Morgan fingerprint density at radius 1 is 1.30 bits per heavy atom. The largest absolute Gasteiger partial charge is 0.352 e. The topological polar surface area (TPSA) is 93.4 Å². The Morgan fingerprint density at radius 2 is 2.03 bits per heavy atom. The van der Waals surface area contributed by atoms with E-state index in [2.05, 4.69) is 27.7 Å². The number of carbonyl (C=O) groups is 1. The third-order valence-corrected chi connectivity index (χ3v) is 6.07. The van der Waals surface area contributed by atoms with Crippen molar-refractivity contribution in [1.29, 1.82) is 0 Å². The van der Waals surface area contributed by atoms with Crippen LogP contribution < -0.4 is 10.9 Å². The Kier molecular flexibility index (Phi) is 5.30. The highest BCUT2D eigenvalue weighted by Crippen LogP contribution is 2.41. The lowest BCUT2D eigenvalue weighted by atomic mass is 9.75. The minimum Gasteiger partial charge on any atom is -0.352 e. The summed E-state index contributed by atoms with van der Waals surface area (Å²) in [5, 5.41) is 10.5. The van der Waals surface area contributed by atoms with Crippen LogP contribution in [0.2, 0.25) is 0 Å². The van der Waals surface area contributed by atoms with E-state index in [4.69, 9.17) is 0 Å². The first-order valence-corrected chi connectivity index (χ1v) is 10.6. The molecule has 0 saturated heterocycles. The molecule has 0 bridgehead atoms. The first-order chi connectivity index (χ1) is 14.3. The van der Waals surface area contributed by atoms with Crippen molar-refractivity contribution in [3.63, 3.8) is 0 Å². The third-order valence-electron chi connectivity index (χ3n) is 6.07. The van der Waals surface area contributed by atoms with Crippen LogP contribution in [0.1, 0.15) is 69.5 Å². The predicted molar refractivity (Wildman–Crippen MR) is 115 cm³/mol. The number of amides is 1. The zero-order valence-corrected chi connectivity index (χ0v) is 17.7. The molecule has 1 N–H and O–H groups in total. The van der Waals surface area contributed by atoms with E-state index in [-0.39, 0.29) is 30.0 Å². The van der Waals surface area contributed by atoms with Crippen LogP contribution in [0.25, 0.3) is 11.1 Å². The van der Waals surface area contributed by atoms with Crippen molar-refractivity contribution >= 4 is 5.91 Å². The summed E-state index contributed by atoms with van der Waals surface area (Å²) in [5.74, 6) is 0.457. The summed E-state index contributed by atoms with van der Waals surface area (Å²) in [6.45, 7) is 5.71. The first kappa shape index (κ1) is 20.4. The SMILES string of the molecule is CC(C)c1nn(CC(=O)N[C@H]2C[C@@](C)(N=O)C2)c(=O)cc1-c1cccc(C2CC2)c1. The summed E-state index contributed by atoms with van der Waals surface area (Å²) in [5.41, 5.74) is 3.06. The number of nitroso groups, excluding NO2 is 1. The van der Waals surface area contributed by atoms with Crippen LogP contribution in [0.5, 0.6) is 0 Å². The lowest BCUT2D eigenvalue weighted by Crippen LogP contribution is -2.53. The van der Waals surface area contributed by atoms with Gasteiger partial charge in [0.1, 0.15) is 12.1 Å². The van der Waals surface area contributed by atoms with E-state index in [0.717, 1.165) is 16.8 Å². The standard InChI is InChI=1S/C23H28N4O3/c1-14(2)22-19(17-6-4-5-16(9-17)15-7-8-15)10-21(29)27(25-22)13-20(28)24-18-11-23(3,12-18)26-30/h4-6,9-10,14-15,18H,7-8,11-13H2,1-3H3,(H,24,28)/t18-,23+. The van der Waals surface area contributed by atoms with Crippen LogP contribution in [0, 0.1) is 4.91 Å². The quantitative estimate of drug-likeness (QED) is 0.707. The van der Waals surface area contributed by atoms with Crippen LogP contribution in [-0.2, 0) is 11.3 Å². The zero-order chi connectivity index (χ0) is 21.5. The van der Waals surface area contributed by atoms with E-state index in [1.54, 1.807) is 13.0 Å². The Balaban J connectivity index is 1.55. The molecule has 2 aromatic rings. The van der Waals surface area contributed by atoms with Crippen molar-refractivity contribution in [3.8, 4) is 11.1 Å². The van der Waals surface area contributed by atoms with Gasteiger partial charge in [0, 0.05) is 17.7 Å². The van der Waals surface area contributed by atoms with Gasteiger partial charge in [-0.05, 0) is 55.6 Å². The average Bonchev–Trinajstić information content (AvgIpc) is 3.53. The molecule has 0 aliphatic heterocycles. The Labute approximate surface area is 175 Å². The maximum Gasteiger partial charge on any atom is 0.267 e. The Morgan fingerprint density at radius 3 is 2.67 bits per heavy atom. The normalized spacial score (nSPS) is 23.1. The van der Waals surface area contributed by atoms with Gasteiger partial charge in [0.15, 0.2) is 0 Å². The van der Waals surface area contributed by atoms with E-state index in [1.165, 1.54) is 23.1 Å².